The maximum absolute atomic E-state index is 12.3. The van der Waals surface area contributed by atoms with Gasteiger partial charge in [-0.1, -0.05) is 20.8 Å². The number of rotatable bonds is 6. The van der Waals surface area contributed by atoms with Gasteiger partial charge in [-0.2, -0.15) is 0 Å². The van der Waals surface area contributed by atoms with Gasteiger partial charge < -0.3 is 15.7 Å². The van der Waals surface area contributed by atoms with Crippen molar-refractivity contribution >= 4 is 11.6 Å². The molecule has 0 spiro atoms. The van der Waals surface area contributed by atoms with Crippen molar-refractivity contribution in [3.05, 3.63) is 11.9 Å². The first-order valence-electron chi connectivity index (χ1n) is 6.57. The Morgan fingerprint density at radius 1 is 1.20 bits per heavy atom. The van der Waals surface area contributed by atoms with E-state index in [0.29, 0.717) is 24.0 Å². The van der Waals surface area contributed by atoms with E-state index in [2.05, 4.69) is 20.6 Å². The van der Waals surface area contributed by atoms with E-state index in [4.69, 9.17) is 5.11 Å². The SMILES string of the molecule is CCNc1cc(NCC(O)C(F)F)nc(C(C)(C)C)n1. The lowest BCUT2D eigenvalue weighted by molar-refractivity contribution is 0.00380. The van der Waals surface area contributed by atoms with Gasteiger partial charge >= 0.3 is 0 Å². The molecule has 0 aromatic carbocycles. The highest BCUT2D eigenvalue weighted by molar-refractivity contribution is 5.48. The van der Waals surface area contributed by atoms with Crippen LogP contribution in [0.2, 0.25) is 0 Å². The highest BCUT2D eigenvalue weighted by atomic mass is 19.3. The molecule has 0 bridgehead atoms. The molecule has 7 heteroatoms. The summed E-state index contributed by atoms with van der Waals surface area (Å²) in [4.78, 5) is 8.68. The predicted molar refractivity (Wildman–Crippen MR) is 75.4 cm³/mol. The van der Waals surface area contributed by atoms with E-state index in [1.165, 1.54) is 0 Å². The fourth-order valence-corrected chi connectivity index (χ4v) is 1.44. The molecule has 20 heavy (non-hydrogen) atoms. The minimum absolute atomic E-state index is 0.260. The molecule has 1 aromatic rings. The van der Waals surface area contributed by atoms with E-state index in [0.717, 1.165) is 0 Å². The number of nitrogens with one attached hydrogen (secondary N) is 2. The number of halogens is 2. The van der Waals surface area contributed by atoms with Gasteiger partial charge in [0.15, 0.2) is 0 Å². The van der Waals surface area contributed by atoms with Crippen molar-refractivity contribution in [1.82, 2.24) is 9.97 Å². The van der Waals surface area contributed by atoms with Crippen LogP contribution in [0.3, 0.4) is 0 Å². The Morgan fingerprint density at radius 3 is 2.20 bits per heavy atom. The lowest BCUT2D eigenvalue weighted by Gasteiger charge is -2.19. The molecule has 0 saturated carbocycles. The third kappa shape index (κ3) is 4.88. The number of aromatic nitrogens is 2. The first-order chi connectivity index (χ1) is 9.24. The molecule has 1 heterocycles. The van der Waals surface area contributed by atoms with Crippen molar-refractivity contribution in [2.45, 2.75) is 45.6 Å². The van der Waals surface area contributed by atoms with Crippen LogP contribution in [0.15, 0.2) is 6.07 Å². The molecular weight excluding hydrogens is 266 g/mol. The third-order valence-corrected chi connectivity index (χ3v) is 2.54. The average molecular weight is 288 g/mol. The van der Waals surface area contributed by atoms with Crippen molar-refractivity contribution in [2.24, 2.45) is 0 Å². The van der Waals surface area contributed by atoms with E-state index in [-0.39, 0.29) is 12.0 Å². The second-order valence-corrected chi connectivity index (χ2v) is 5.53. The molecule has 0 radical (unpaired) electrons. The summed E-state index contributed by atoms with van der Waals surface area (Å²) in [5.74, 6) is 1.65. The van der Waals surface area contributed by atoms with Crippen LogP contribution < -0.4 is 10.6 Å². The molecule has 1 rings (SSSR count). The Kier molecular flexibility index (Phi) is 5.62. The normalized spacial score (nSPS) is 13.4. The molecular formula is C13H22F2N4O. The number of hydrogen-bond donors (Lipinski definition) is 3. The van der Waals surface area contributed by atoms with Gasteiger partial charge in [-0.3, -0.25) is 0 Å². The third-order valence-electron chi connectivity index (χ3n) is 2.54. The van der Waals surface area contributed by atoms with Crippen LogP contribution in [0.5, 0.6) is 0 Å². The summed E-state index contributed by atoms with van der Waals surface area (Å²) in [5, 5.41) is 14.9. The average Bonchev–Trinajstić information content (AvgIpc) is 2.35. The van der Waals surface area contributed by atoms with Crippen molar-refractivity contribution in [1.29, 1.82) is 0 Å². The Labute approximate surface area is 117 Å². The number of anilines is 2. The molecule has 3 N–H and O–H groups in total. The van der Waals surface area contributed by atoms with Crippen molar-refractivity contribution in [3.8, 4) is 0 Å². The van der Waals surface area contributed by atoms with Crippen LogP contribution in [-0.2, 0) is 5.41 Å². The Morgan fingerprint density at radius 2 is 1.75 bits per heavy atom. The number of nitrogens with zero attached hydrogens (tertiary/aromatic N) is 2. The molecule has 114 valence electrons. The zero-order chi connectivity index (χ0) is 15.3. The van der Waals surface area contributed by atoms with Gasteiger partial charge in [0.05, 0.1) is 0 Å². The lowest BCUT2D eigenvalue weighted by atomic mass is 9.96. The summed E-state index contributed by atoms with van der Waals surface area (Å²) in [6, 6.07) is 1.64. The highest BCUT2D eigenvalue weighted by Gasteiger charge is 2.20. The van der Waals surface area contributed by atoms with E-state index in [1.807, 2.05) is 27.7 Å². The summed E-state index contributed by atoms with van der Waals surface area (Å²) in [6.45, 7) is 8.28. The van der Waals surface area contributed by atoms with E-state index < -0.39 is 12.5 Å². The monoisotopic (exact) mass is 288 g/mol. The molecule has 0 aliphatic carbocycles. The van der Waals surface area contributed by atoms with E-state index in [9.17, 15) is 8.78 Å². The molecule has 0 saturated heterocycles. The first-order valence-corrected chi connectivity index (χ1v) is 6.57. The number of aliphatic hydroxyl groups is 1. The van der Waals surface area contributed by atoms with Crippen molar-refractivity contribution in [2.75, 3.05) is 23.7 Å². The highest BCUT2D eigenvalue weighted by Crippen LogP contribution is 2.22. The van der Waals surface area contributed by atoms with Crippen LogP contribution in [-0.4, -0.2) is 40.7 Å². The summed E-state index contributed by atoms with van der Waals surface area (Å²) in [5.41, 5.74) is -0.261. The number of aliphatic hydroxyl groups excluding tert-OH is 1. The van der Waals surface area contributed by atoms with Crippen LogP contribution in [0.4, 0.5) is 20.4 Å². The summed E-state index contributed by atoms with van der Waals surface area (Å²) in [7, 11) is 0. The van der Waals surface area contributed by atoms with Gasteiger partial charge in [0, 0.05) is 24.6 Å². The molecule has 5 nitrogen and oxygen atoms in total. The second kappa shape index (κ2) is 6.78. The fraction of sp³-hybridized carbons (Fsp3) is 0.692. The van der Waals surface area contributed by atoms with Gasteiger partial charge in [-0.15, -0.1) is 0 Å². The van der Waals surface area contributed by atoms with Gasteiger partial charge in [0.25, 0.3) is 6.43 Å². The molecule has 0 amide bonds. The molecule has 0 fully saturated rings. The van der Waals surface area contributed by atoms with E-state index >= 15 is 0 Å². The van der Waals surface area contributed by atoms with Crippen LogP contribution >= 0.6 is 0 Å². The summed E-state index contributed by atoms with van der Waals surface area (Å²) < 4.78 is 24.5. The van der Waals surface area contributed by atoms with Gasteiger partial charge in [0.2, 0.25) is 0 Å². The smallest absolute Gasteiger partial charge is 0.265 e. The quantitative estimate of drug-likeness (QED) is 0.749. The largest absolute Gasteiger partial charge is 0.385 e. The Balaban J connectivity index is 2.91. The molecule has 1 unspecified atom stereocenters. The number of hydrogen-bond acceptors (Lipinski definition) is 5. The minimum atomic E-state index is -2.78. The predicted octanol–water partition coefficient (Wildman–Crippen LogP) is 2.24. The Bertz CT molecular complexity index is 435. The van der Waals surface area contributed by atoms with Gasteiger partial charge in [-0.25, -0.2) is 18.7 Å². The maximum Gasteiger partial charge on any atom is 0.265 e. The zero-order valence-corrected chi connectivity index (χ0v) is 12.2. The summed E-state index contributed by atoms with van der Waals surface area (Å²) >= 11 is 0. The molecule has 0 aliphatic heterocycles. The van der Waals surface area contributed by atoms with Crippen molar-refractivity contribution < 1.29 is 13.9 Å². The molecule has 1 aromatic heterocycles. The van der Waals surface area contributed by atoms with Crippen LogP contribution in [0.1, 0.15) is 33.5 Å². The second-order valence-electron chi connectivity index (χ2n) is 5.53. The van der Waals surface area contributed by atoms with Crippen molar-refractivity contribution in [3.63, 3.8) is 0 Å². The topological polar surface area (TPSA) is 70.1 Å². The lowest BCUT2D eigenvalue weighted by Crippen LogP contribution is -2.27. The Hall–Kier alpha value is -1.50. The fourth-order valence-electron chi connectivity index (χ4n) is 1.44. The minimum Gasteiger partial charge on any atom is -0.385 e. The van der Waals surface area contributed by atoms with Gasteiger partial charge in [-0.05, 0) is 6.92 Å². The van der Waals surface area contributed by atoms with E-state index in [1.54, 1.807) is 6.07 Å². The molecule has 1 atom stereocenters. The first kappa shape index (κ1) is 16.6. The molecule has 0 aliphatic rings. The number of alkyl halides is 2. The van der Waals surface area contributed by atoms with Gasteiger partial charge in [0.1, 0.15) is 23.6 Å². The zero-order valence-electron chi connectivity index (χ0n) is 12.2. The summed E-state index contributed by atoms with van der Waals surface area (Å²) in [6.07, 6.45) is -4.50. The van der Waals surface area contributed by atoms with Crippen LogP contribution in [0.25, 0.3) is 0 Å². The maximum atomic E-state index is 12.3. The van der Waals surface area contributed by atoms with Crippen LogP contribution in [0, 0.1) is 0 Å². The standard InChI is InChI=1S/C13H22F2N4O/c1-5-16-9-6-10(17-7-8(20)11(14)15)19-12(18-9)13(2,3)4/h6,8,11,20H,5,7H2,1-4H3,(H2,16,17,18,19).